The van der Waals surface area contributed by atoms with E-state index in [2.05, 4.69) is 4.98 Å². The van der Waals surface area contributed by atoms with Crippen molar-refractivity contribution in [2.75, 3.05) is 7.11 Å². The summed E-state index contributed by atoms with van der Waals surface area (Å²) in [7, 11) is 1.58. The number of benzene rings is 1. The summed E-state index contributed by atoms with van der Waals surface area (Å²) >= 11 is 0. The first-order valence-corrected chi connectivity index (χ1v) is 5.45. The minimum absolute atomic E-state index is 0.588. The van der Waals surface area contributed by atoms with E-state index in [4.69, 9.17) is 4.74 Å². The number of methoxy groups -OCH3 is 1. The largest absolute Gasteiger partial charge is 0.497 e. The first-order valence-electron chi connectivity index (χ1n) is 5.45. The van der Waals surface area contributed by atoms with Gasteiger partial charge >= 0.3 is 0 Å². The molecular formula is C13H14N2O2. The van der Waals surface area contributed by atoms with Crippen LogP contribution >= 0.6 is 0 Å². The number of imidazole rings is 1. The molecule has 0 saturated carbocycles. The molecule has 4 heteroatoms. The third kappa shape index (κ3) is 2.06. The molecule has 2 aromatic rings. The Morgan fingerprint density at radius 3 is 2.94 bits per heavy atom. The molecule has 0 spiro atoms. The van der Waals surface area contributed by atoms with E-state index in [0.29, 0.717) is 11.3 Å². The molecule has 0 aliphatic carbocycles. The van der Waals surface area contributed by atoms with Crippen LogP contribution in [-0.4, -0.2) is 22.9 Å². The van der Waals surface area contributed by atoms with E-state index in [0.717, 1.165) is 24.2 Å². The van der Waals surface area contributed by atoms with Crippen LogP contribution in [0.4, 0.5) is 0 Å². The summed E-state index contributed by atoms with van der Waals surface area (Å²) in [5.74, 6) is 1.47. The van der Waals surface area contributed by atoms with Crippen LogP contribution in [0.2, 0.25) is 0 Å². The second-order valence-corrected chi connectivity index (χ2v) is 3.61. The average Bonchev–Trinajstić information content (AvgIpc) is 2.85. The number of carbonyl (C=O) groups is 1. The fraction of sp³-hybridized carbons (Fsp3) is 0.231. The first-order chi connectivity index (χ1) is 8.30. The molecule has 4 nitrogen and oxygen atoms in total. The van der Waals surface area contributed by atoms with Crippen molar-refractivity contribution < 1.29 is 9.53 Å². The lowest BCUT2D eigenvalue weighted by atomic mass is 10.1. The molecule has 0 aliphatic rings. The fourth-order valence-electron chi connectivity index (χ4n) is 1.78. The van der Waals surface area contributed by atoms with E-state index in [-0.39, 0.29) is 0 Å². The van der Waals surface area contributed by atoms with E-state index < -0.39 is 0 Å². The zero-order valence-corrected chi connectivity index (χ0v) is 9.88. The first kappa shape index (κ1) is 11.4. The van der Waals surface area contributed by atoms with Crippen LogP contribution in [-0.2, 0) is 6.54 Å². The van der Waals surface area contributed by atoms with Gasteiger partial charge in [0.1, 0.15) is 11.6 Å². The zero-order chi connectivity index (χ0) is 12.3. The maximum atomic E-state index is 11.1. The van der Waals surface area contributed by atoms with Gasteiger partial charge in [0.2, 0.25) is 0 Å². The van der Waals surface area contributed by atoms with Crippen molar-refractivity contribution in [2.45, 2.75) is 13.5 Å². The average molecular weight is 230 g/mol. The molecular weight excluding hydrogens is 216 g/mol. The van der Waals surface area contributed by atoms with Crippen LogP contribution in [0, 0.1) is 0 Å². The van der Waals surface area contributed by atoms with E-state index in [9.17, 15) is 4.79 Å². The molecule has 0 radical (unpaired) electrons. The van der Waals surface area contributed by atoms with Crippen LogP contribution in [0.3, 0.4) is 0 Å². The number of aldehydes is 1. The number of hydrogen-bond acceptors (Lipinski definition) is 3. The molecule has 1 aromatic carbocycles. The third-order valence-corrected chi connectivity index (χ3v) is 2.68. The van der Waals surface area contributed by atoms with Gasteiger partial charge in [-0.3, -0.25) is 4.79 Å². The highest BCUT2D eigenvalue weighted by Gasteiger charge is 2.10. The number of hydrogen-bond donors (Lipinski definition) is 0. The topological polar surface area (TPSA) is 44.1 Å². The Balaban J connectivity index is 2.55. The summed E-state index contributed by atoms with van der Waals surface area (Å²) < 4.78 is 7.09. The van der Waals surface area contributed by atoms with Gasteiger partial charge in [-0.1, -0.05) is 0 Å². The number of aromatic nitrogens is 2. The zero-order valence-electron chi connectivity index (χ0n) is 9.88. The molecule has 88 valence electrons. The molecule has 0 N–H and O–H groups in total. The van der Waals surface area contributed by atoms with Gasteiger partial charge in [0, 0.05) is 30.1 Å². The molecule has 0 atom stereocenters. The van der Waals surface area contributed by atoms with Gasteiger partial charge in [0.25, 0.3) is 0 Å². The highest BCUT2D eigenvalue weighted by Crippen LogP contribution is 2.25. The van der Waals surface area contributed by atoms with Gasteiger partial charge in [0.15, 0.2) is 6.29 Å². The lowest BCUT2D eigenvalue weighted by molar-refractivity contribution is 0.112. The Bertz CT molecular complexity index is 532. The van der Waals surface area contributed by atoms with E-state index >= 15 is 0 Å². The van der Waals surface area contributed by atoms with Gasteiger partial charge in [0.05, 0.1) is 7.11 Å². The van der Waals surface area contributed by atoms with Crippen molar-refractivity contribution >= 4 is 6.29 Å². The minimum atomic E-state index is 0.588. The number of carbonyl (C=O) groups excluding carboxylic acids is 1. The van der Waals surface area contributed by atoms with Crippen molar-refractivity contribution in [2.24, 2.45) is 0 Å². The van der Waals surface area contributed by atoms with E-state index in [1.807, 2.05) is 29.8 Å². The summed E-state index contributed by atoms with van der Waals surface area (Å²) in [4.78, 5) is 15.4. The lowest BCUT2D eigenvalue weighted by Crippen LogP contribution is -1.99. The quantitative estimate of drug-likeness (QED) is 0.757. The van der Waals surface area contributed by atoms with Gasteiger partial charge in [-0.2, -0.15) is 0 Å². The highest BCUT2D eigenvalue weighted by atomic mass is 16.5. The van der Waals surface area contributed by atoms with Crippen molar-refractivity contribution in [3.63, 3.8) is 0 Å². The molecule has 0 fully saturated rings. The number of rotatable bonds is 4. The van der Waals surface area contributed by atoms with Crippen LogP contribution in [0.5, 0.6) is 5.75 Å². The maximum Gasteiger partial charge on any atom is 0.150 e. The molecule has 0 aliphatic heterocycles. The molecule has 0 bridgehead atoms. The van der Waals surface area contributed by atoms with E-state index in [1.165, 1.54) is 0 Å². The second kappa shape index (κ2) is 4.82. The summed E-state index contributed by atoms with van der Waals surface area (Å²) in [6, 6.07) is 5.41. The monoisotopic (exact) mass is 230 g/mol. The molecule has 1 heterocycles. The molecule has 0 unspecified atom stereocenters. The van der Waals surface area contributed by atoms with E-state index in [1.54, 1.807) is 19.4 Å². The molecule has 0 saturated heterocycles. The Labute approximate surface area is 99.9 Å². The van der Waals surface area contributed by atoms with Gasteiger partial charge in [-0.25, -0.2) is 4.98 Å². The van der Waals surface area contributed by atoms with Crippen LogP contribution in [0.1, 0.15) is 17.3 Å². The number of ether oxygens (including phenoxy) is 1. The predicted octanol–water partition coefficient (Wildman–Crippen LogP) is 2.39. The fourth-order valence-corrected chi connectivity index (χ4v) is 1.78. The summed E-state index contributed by atoms with van der Waals surface area (Å²) in [5, 5.41) is 0. The van der Waals surface area contributed by atoms with Crippen LogP contribution < -0.4 is 4.74 Å². The highest BCUT2D eigenvalue weighted by molar-refractivity contribution is 5.86. The molecule has 1 aromatic heterocycles. The Morgan fingerprint density at radius 1 is 1.47 bits per heavy atom. The van der Waals surface area contributed by atoms with Crippen LogP contribution in [0.15, 0.2) is 30.6 Å². The Kier molecular flexibility index (Phi) is 3.23. The van der Waals surface area contributed by atoms with Crippen LogP contribution in [0.25, 0.3) is 11.4 Å². The van der Waals surface area contributed by atoms with Crippen molar-refractivity contribution in [3.05, 3.63) is 36.2 Å². The van der Waals surface area contributed by atoms with Crippen molar-refractivity contribution in [1.82, 2.24) is 9.55 Å². The second-order valence-electron chi connectivity index (χ2n) is 3.61. The predicted molar refractivity (Wildman–Crippen MR) is 65.3 cm³/mol. The number of aryl methyl sites for hydroxylation is 1. The normalized spacial score (nSPS) is 10.2. The smallest absolute Gasteiger partial charge is 0.150 e. The van der Waals surface area contributed by atoms with Crippen molar-refractivity contribution in [1.29, 1.82) is 0 Å². The van der Waals surface area contributed by atoms with Gasteiger partial charge < -0.3 is 9.30 Å². The SMILES string of the molecule is CCn1ccnc1-c1ccc(OC)cc1C=O. The Hall–Kier alpha value is -2.10. The summed E-state index contributed by atoms with van der Waals surface area (Å²) in [5.41, 5.74) is 1.41. The Morgan fingerprint density at radius 2 is 2.29 bits per heavy atom. The number of nitrogens with zero attached hydrogens (tertiary/aromatic N) is 2. The molecule has 0 amide bonds. The van der Waals surface area contributed by atoms with Crippen molar-refractivity contribution in [3.8, 4) is 17.1 Å². The molecule has 17 heavy (non-hydrogen) atoms. The summed E-state index contributed by atoms with van der Waals surface area (Å²) in [6.45, 7) is 2.86. The van der Waals surface area contributed by atoms with Gasteiger partial charge in [-0.15, -0.1) is 0 Å². The summed E-state index contributed by atoms with van der Waals surface area (Å²) in [6.07, 6.45) is 4.46. The van der Waals surface area contributed by atoms with Gasteiger partial charge in [-0.05, 0) is 25.1 Å². The minimum Gasteiger partial charge on any atom is -0.497 e. The maximum absolute atomic E-state index is 11.1. The molecule has 2 rings (SSSR count). The third-order valence-electron chi connectivity index (χ3n) is 2.68. The standard InChI is InChI=1S/C13H14N2O2/c1-3-15-7-6-14-13(15)12-5-4-11(17-2)8-10(12)9-16/h4-9H,3H2,1-2H3. The lowest BCUT2D eigenvalue weighted by Gasteiger charge is -2.08.